The zero-order valence-corrected chi connectivity index (χ0v) is 7.84. The topological polar surface area (TPSA) is 33.1 Å². The minimum absolute atomic E-state index is 0.208. The first-order valence-corrected chi connectivity index (χ1v) is 4.30. The third-order valence-electron chi connectivity index (χ3n) is 1.90. The molecule has 0 unspecified atom stereocenters. The van der Waals surface area contributed by atoms with Gasteiger partial charge in [-0.3, -0.25) is 0 Å². The number of aryl methyl sites for hydroxylation is 1. The Balaban J connectivity index is 2.87. The van der Waals surface area contributed by atoms with Crippen molar-refractivity contribution in [3.63, 3.8) is 0 Å². The van der Waals surface area contributed by atoms with Crippen LogP contribution >= 0.6 is 11.6 Å². The molecule has 1 N–H and O–H groups in total. The van der Waals surface area contributed by atoms with E-state index in [4.69, 9.17) is 11.6 Å². The number of halogens is 1. The van der Waals surface area contributed by atoms with Crippen molar-refractivity contribution in [2.45, 2.75) is 6.92 Å². The highest BCUT2D eigenvalue weighted by Crippen LogP contribution is 2.25. The van der Waals surface area contributed by atoms with E-state index in [1.807, 2.05) is 19.1 Å². The summed E-state index contributed by atoms with van der Waals surface area (Å²) in [7, 11) is 0. The molecule has 0 aliphatic heterocycles. The molecule has 1 aromatic heterocycles. The minimum Gasteiger partial charge on any atom is -0.508 e. The van der Waals surface area contributed by atoms with Crippen molar-refractivity contribution in [2.75, 3.05) is 0 Å². The summed E-state index contributed by atoms with van der Waals surface area (Å²) >= 11 is 5.91. The van der Waals surface area contributed by atoms with Crippen LogP contribution in [0.2, 0.25) is 5.15 Å². The normalized spacial score (nSPS) is 10.6. The molecule has 0 bridgehead atoms. The Hall–Kier alpha value is -1.28. The van der Waals surface area contributed by atoms with Crippen LogP contribution in [0, 0.1) is 6.92 Å². The molecule has 1 heterocycles. The Morgan fingerprint density at radius 3 is 2.85 bits per heavy atom. The van der Waals surface area contributed by atoms with Gasteiger partial charge >= 0.3 is 0 Å². The molecule has 0 atom stereocenters. The number of benzene rings is 1. The summed E-state index contributed by atoms with van der Waals surface area (Å²) in [5.41, 5.74) is 0.878. The van der Waals surface area contributed by atoms with Crippen LogP contribution in [0.1, 0.15) is 5.69 Å². The van der Waals surface area contributed by atoms with Crippen molar-refractivity contribution in [3.05, 3.63) is 35.1 Å². The zero-order chi connectivity index (χ0) is 9.42. The van der Waals surface area contributed by atoms with Gasteiger partial charge in [0.05, 0.1) is 0 Å². The number of nitrogens with zero attached hydrogens (tertiary/aromatic N) is 1. The summed E-state index contributed by atoms with van der Waals surface area (Å²) in [6.07, 6.45) is 0. The van der Waals surface area contributed by atoms with Crippen LogP contribution < -0.4 is 0 Å². The molecule has 0 fully saturated rings. The number of aromatic hydroxyl groups is 1. The number of hydrogen-bond donors (Lipinski definition) is 1. The predicted molar refractivity (Wildman–Crippen MR) is 53.2 cm³/mol. The molecule has 3 heteroatoms. The molecule has 2 nitrogen and oxygen atoms in total. The van der Waals surface area contributed by atoms with Gasteiger partial charge in [0.25, 0.3) is 0 Å². The molecule has 0 saturated heterocycles. The van der Waals surface area contributed by atoms with E-state index in [0.29, 0.717) is 5.15 Å². The molecular weight excluding hydrogens is 186 g/mol. The maximum absolute atomic E-state index is 9.24. The quantitative estimate of drug-likeness (QED) is 0.653. The van der Waals surface area contributed by atoms with E-state index in [-0.39, 0.29) is 5.75 Å². The molecule has 0 saturated carbocycles. The van der Waals surface area contributed by atoms with Crippen molar-refractivity contribution in [1.82, 2.24) is 4.98 Å². The van der Waals surface area contributed by atoms with Crippen LogP contribution in [0.3, 0.4) is 0 Å². The van der Waals surface area contributed by atoms with Crippen LogP contribution in [0.4, 0.5) is 0 Å². The molecule has 66 valence electrons. The third-order valence-corrected chi connectivity index (χ3v) is 2.19. The number of aromatic nitrogens is 1. The fourth-order valence-corrected chi connectivity index (χ4v) is 1.62. The van der Waals surface area contributed by atoms with E-state index in [0.717, 1.165) is 16.5 Å². The van der Waals surface area contributed by atoms with Crippen LogP contribution in [0.25, 0.3) is 10.8 Å². The van der Waals surface area contributed by atoms with Crippen molar-refractivity contribution >= 4 is 22.4 Å². The van der Waals surface area contributed by atoms with Crippen LogP contribution in [0.15, 0.2) is 24.3 Å². The van der Waals surface area contributed by atoms with Crippen molar-refractivity contribution in [3.8, 4) is 5.75 Å². The van der Waals surface area contributed by atoms with Gasteiger partial charge < -0.3 is 5.11 Å². The molecule has 1 aromatic carbocycles. The van der Waals surface area contributed by atoms with Gasteiger partial charge in [-0.15, -0.1) is 0 Å². The Morgan fingerprint density at radius 1 is 1.31 bits per heavy atom. The van der Waals surface area contributed by atoms with Crippen molar-refractivity contribution < 1.29 is 5.11 Å². The molecule has 0 aliphatic carbocycles. The van der Waals surface area contributed by atoms with E-state index in [1.165, 1.54) is 0 Å². The molecule has 0 amide bonds. The van der Waals surface area contributed by atoms with Crippen LogP contribution in [0.5, 0.6) is 5.75 Å². The third kappa shape index (κ3) is 1.45. The summed E-state index contributed by atoms with van der Waals surface area (Å²) < 4.78 is 0. The molecule has 2 aromatic rings. The summed E-state index contributed by atoms with van der Waals surface area (Å²) in [6, 6.07) is 7.01. The van der Waals surface area contributed by atoms with Gasteiger partial charge in [-0.1, -0.05) is 17.7 Å². The lowest BCUT2D eigenvalue weighted by atomic mass is 10.1. The molecule has 0 aliphatic rings. The largest absolute Gasteiger partial charge is 0.508 e. The Morgan fingerprint density at radius 2 is 2.08 bits per heavy atom. The van der Waals surface area contributed by atoms with Gasteiger partial charge in [-0.25, -0.2) is 4.98 Å². The zero-order valence-electron chi connectivity index (χ0n) is 7.08. The number of phenolic OH excluding ortho intramolecular Hbond substituents is 1. The van der Waals surface area contributed by atoms with E-state index in [2.05, 4.69) is 4.98 Å². The highest BCUT2D eigenvalue weighted by molar-refractivity contribution is 6.34. The lowest BCUT2D eigenvalue weighted by Gasteiger charge is -2.01. The van der Waals surface area contributed by atoms with Gasteiger partial charge in [-0.2, -0.15) is 0 Å². The second-order valence-corrected chi connectivity index (χ2v) is 3.32. The first kappa shape index (κ1) is 8.32. The number of phenols is 1. The average Bonchev–Trinajstić information content (AvgIpc) is 2.06. The Labute approximate surface area is 80.8 Å². The average molecular weight is 194 g/mol. The van der Waals surface area contributed by atoms with Gasteiger partial charge in [0.15, 0.2) is 0 Å². The molecule has 13 heavy (non-hydrogen) atoms. The van der Waals surface area contributed by atoms with Gasteiger partial charge in [0, 0.05) is 11.1 Å². The highest BCUT2D eigenvalue weighted by Gasteiger charge is 2.02. The smallest absolute Gasteiger partial charge is 0.137 e. The van der Waals surface area contributed by atoms with Crippen molar-refractivity contribution in [1.29, 1.82) is 0 Å². The lowest BCUT2D eigenvalue weighted by Crippen LogP contribution is -1.83. The van der Waals surface area contributed by atoms with E-state index >= 15 is 0 Å². The molecule has 0 radical (unpaired) electrons. The number of rotatable bonds is 0. The molecule has 2 rings (SSSR count). The SMILES string of the molecule is Cc1cc2ccc(O)cc2c(Cl)n1. The second kappa shape index (κ2) is 2.89. The monoisotopic (exact) mass is 193 g/mol. The Bertz CT molecular complexity index is 468. The van der Waals surface area contributed by atoms with Crippen LogP contribution in [-0.2, 0) is 0 Å². The van der Waals surface area contributed by atoms with E-state index in [1.54, 1.807) is 12.1 Å². The first-order chi connectivity index (χ1) is 6.16. The maximum Gasteiger partial charge on any atom is 0.137 e. The van der Waals surface area contributed by atoms with Gasteiger partial charge in [0.1, 0.15) is 10.9 Å². The molecular formula is C10H8ClNO. The van der Waals surface area contributed by atoms with E-state index in [9.17, 15) is 5.11 Å². The van der Waals surface area contributed by atoms with Gasteiger partial charge in [0.2, 0.25) is 0 Å². The predicted octanol–water partition coefficient (Wildman–Crippen LogP) is 2.90. The number of fused-ring (bicyclic) bond motifs is 1. The van der Waals surface area contributed by atoms with Gasteiger partial charge in [-0.05, 0) is 30.5 Å². The first-order valence-electron chi connectivity index (χ1n) is 3.93. The summed E-state index contributed by atoms with van der Waals surface area (Å²) in [5.74, 6) is 0.208. The van der Waals surface area contributed by atoms with Crippen molar-refractivity contribution in [2.24, 2.45) is 0 Å². The Kier molecular flexibility index (Phi) is 1.85. The summed E-state index contributed by atoms with van der Waals surface area (Å²) in [4.78, 5) is 4.10. The minimum atomic E-state index is 0.208. The highest BCUT2D eigenvalue weighted by atomic mass is 35.5. The standard InChI is InChI=1S/C10H8ClNO/c1-6-4-7-2-3-8(13)5-9(7)10(11)12-6/h2-5,13H,1H3. The van der Waals surface area contributed by atoms with E-state index < -0.39 is 0 Å². The fraction of sp³-hybridized carbons (Fsp3) is 0.100. The molecule has 0 spiro atoms. The number of hydrogen-bond acceptors (Lipinski definition) is 2. The second-order valence-electron chi connectivity index (χ2n) is 2.96. The fourth-order valence-electron chi connectivity index (χ4n) is 1.32. The maximum atomic E-state index is 9.24. The lowest BCUT2D eigenvalue weighted by molar-refractivity contribution is 0.476. The number of pyridine rings is 1. The van der Waals surface area contributed by atoms with Crippen LogP contribution in [-0.4, -0.2) is 10.1 Å². The summed E-state index contributed by atoms with van der Waals surface area (Å²) in [5, 5.41) is 11.5. The summed E-state index contributed by atoms with van der Waals surface area (Å²) in [6.45, 7) is 1.89.